The average Bonchev–Trinajstić information content (AvgIpc) is 2.97. The third-order valence-electron chi connectivity index (χ3n) is 5.96. The first-order valence-corrected chi connectivity index (χ1v) is 9.79. The lowest BCUT2D eigenvalue weighted by Crippen LogP contribution is -2.68. The maximum Gasteiger partial charge on any atom is 0.191 e. The molecule has 0 radical (unpaired) electrons. The Morgan fingerprint density at radius 2 is 2.22 bits per heavy atom. The van der Waals surface area contributed by atoms with Crippen molar-refractivity contribution in [2.75, 3.05) is 19.7 Å². The summed E-state index contributed by atoms with van der Waals surface area (Å²) in [6.45, 7) is 7.75. The zero-order chi connectivity index (χ0) is 18.8. The van der Waals surface area contributed by atoms with Crippen molar-refractivity contribution < 1.29 is 9.84 Å². The van der Waals surface area contributed by atoms with Gasteiger partial charge < -0.3 is 20.5 Å². The van der Waals surface area contributed by atoms with Gasteiger partial charge in [-0.3, -0.25) is 4.68 Å². The van der Waals surface area contributed by atoms with E-state index in [-0.39, 0.29) is 35.9 Å². The molecular weight excluding hydrogens is 457 g/mol. The molecular formula is C19H34IN5O2. The van der Waals surface area contributed by atoms with E-state index in [1.807, 2.05) is 13.2 Å². The van der Waals surface area contributed by atoms with Crippen LogP contribution in [0.15, 0.2) is 17.4 Å². The van der Waals surface area contributed by atoms with Gasteiger partial charge in [-0.05, 0) is 40.0 Å². The monoisotopic (exact) mass is 491 g/mol. The van der Waals surface area contributed by atoms with Gasteiger partial charge in [-0.1, -0.05) is 6.42 Å². The molecule has 3 rings (SSSR count). The second kappa shape index (κ2) is 9.09. The Morgan fingerprint density at radius 3 is 2.74 bits per heavy atom. The summed E-state index contributed by atoms with van der Waals surface area (Å²) in [7, 11) is 1.85. The Labute approximate surface area is 179 Å². The largest absolute Gasteiger partial charge is 0.383 e. The molecule has 3 N–H and O–H groups in total. The summed E-state index contributed by atoms with van der Waals surface area (Å²) in [6, 6.07) is 0.397. The Hall–Kier alpha value is -0.870. The number of aliphatic imine (C=N–C) groups is 1. The molecule has 0 aliphatic heterocycles. The fourth-order valence-electron chi connectivity index (χ4n) is 4.15. The van der Waals surface area contributed by atoms with Gasteiger partial charge >= 0.3 is 0 Å². The van der Waals surface area contributed by atoms with Crippen molar-refractivity contribution in [3.63, 3.8) is 0 Å². The Morgan fingerprint density at radius 1 is 1.48 bits per heavy atom. The molecule has 0 bridgehead atoms. The van der Waals surface area contributed by atoms with Gasteiger partial charge in [-0.25, -0.2) is 4.99 Å². The first kappa shape index (κ1) is 22.4. The lowest BCUT2D eigenvalue weighted by molar-refractivity contribution is -0.168. The first-order chi connectivity index (χ1) is 12.4. The molecule has 0 amide bonds. The smallest absolute Gasteiger partial charge is 0.191 e. The average molecular weight is 491 g/mol. The van der Waals surface area contributed by atoms with Crippen LogP contribution in [0, 0.1) is 5.41 Å². The molecule has 1 aromatic heterocycles. The molecule has 8 heteroatoms. The molecule has 1 aromatic rings. The van der Waals surface area contributed by atoms with Crippen LogP contribution in [0.25, 0.3) is 0 Å². The van der Waals surface area contributed by atoms with Crippen LogP contribution in [0.4, 0.5) is 0 Å². The van der Waals surface area contributed by atoms with Gasteiger partial charge in [-0.15, -0.1) is 24.0 Å². The SMILES string of the molecule is CCNC(=NCC(C)(O)c1cnn(C)c1)NC1CC(OCC)C12CCC2.I. The number of halogens is 1. The molecule has 1 heterocycles. The van der Waals surface area contributed by atoms with Crippen molar-refractivity contribution in [3.8, 4) is 0 Å². The van der Waals surface area contributed by atoms with Crippen molar-refractivity contribution in [2.45, 2.75) is 64.2 Å². The van der Waals surface area contributed by atoms with Crippen molar-refractivity contribution in [2.24, 2.45) is 17.5 Å². The predicted octanol–water partition coefficient (Wildman–Crippen LogP) is 2.15. The number of nitrogens with one attached hydrogen (secondary N) is 2. The number of hydrogen-bond donors (Lipinski definition) is 3. The van der Waals surface area contributed by atoms with Crippen LogP contribution in [0.1, 0.15) is 52.0 Å². The molecule has 154 valence electrons. The highest BCUT2D eigenvalue weighted by Gasteiger charge is 2.59. The van der Waals surface area contributed by atoms with Gasteiger partial charge in [0, 0.05) is 43.4 Å². The van der Waals surface area contributed by atoms with Crippen LogP contribution < -0.4 is 10.6 Å². The number of aliphatic hydroxyl groups is 1. The van der Waals surface area contributed by atoms with Crippen LogP contribution in [0.2, 0.25) is 0 Å². The minimum Gasteiger partial charge on any atom is -0.383 e. The van der Waals surface area contributed by atoms with E-state index in [0.29, 0.717) is 12.1 Å². The van der Waals surface area contributed by atoms with E-state index < -0.39 is 5.60 Å². The van der Waals surface area contributed by atoms with Crippen molar-refractivity contribution in [1.29, 1.82) is 0 Å². The highest BCUT2D eigenvalue weighted by Crippen LogP contribution is 2.57. The molecule has 1 spiro atoms. The number of nitrogens with zero attached hydrogens (tertiary/aromatic N) is 3. The standard InChI is InChI=1S/C19H33N5O2.HI/c1-5-20-17(21-13-18(3,25)14-11-22-24(4)12-14)23-15-10-16(26-6-2)19(15)8-7-9-19;/h11-12,15-16,25H,5-10,13H2,1-4H3,(H2,20,21,23);1H. The molecule has 0 aromatic carbocycles. The fraction of sp³-hybridized carbons (Fsp3) is 0.789. The van der Waals surface area contributed by atoms with E-state index in [4.69, 9.17) is 4.74 Å². The van der Waals surface area contributed by atoms with Crippen LogP contribution in [0.5, 0.6) is 0 Å². The summed E-state index contributed by atoms with van der Waals surface area (Å²) in [5.41, 5.74) is 0.00570. The van der Waals surface area contributed by atoms with Crippen molar-refractivity contribution in [1.82, 2.24) is 20.4 Å². The molecule has 2 saturated carbocycles. The normalized spacial score (nSPS) is 25.7. The van der Waals surface area contributed by atoms with E-state index in [2.05, 4.69) is 34.6 Å². The number of ether oxygens (including phenoxy) is 1. The van der Waals surface area contributed by atoms with E-state index in [1.54, 1.807) is 17.8 Å². The predicted molar refractivity (Wildman–Crippen MR) is 117 cm³/mol. The number of aryl methyl sites for hydroxylation is 1. The first-order valence-electron chi connectivity index (χ1n) is 9.79. The van der Waals surface area contributed by atoms with E-state index in [1.165, 1.54) is 19.3 Å². The number of rotatable bonds is 7. The van der Waals surface area contributed by atoms with Crippen molar-refractivity contribution in [3.05, 3.63) is 18.0 Å². The zero-order valence-electron chi connectivity index (χ0n) is 16.9. The van der Waals surface area contributed by atoms with Crippen LogP contribution in [0.3, 0.4) is 0 Å². The van der Waals surface area contributed by atoms with Gasteiger partial charge in [0.25, 0.3) is 0 Å². The van der Waals surface area contributed by atoms with Gasteiger partial charge in [0.15, 0.2) is 5.96 Å². The number of hydrogen-bond acceptors (Lipinski definition) is 4. The zero-order valence-corrected chi connectivity index (χ0v) is 19.2. The van der Waals surface area contributed by atoms with Gasteiger partial charge in [0.1, 0.15) is 5.60 Å². The summed E-state index contributed by atoms with van der Waals surface area (Å²) in [4.78, 5) is 4.65. The molecule has 3 unspecified atom stereocenters. The Kier molecular flexibility index (Phi) is 7.54. The number of guanidine groups is 1. The Balaban J connectivity index is 0.00000261. The summed E-state index contributed by atoms with van der Waals surface area (Å²) in [6.07, 6.45) is 8.66. The van der Waals surface area contributed by atoms with Crippen LogP contribution in [-0.4, -0.2) is 52.7 Å². The van der Waals surface area contributed by atoms with Crippen molar-refractivity contribution >= 4 is 29.9 Å². The molecule has 0 saturated heterocycles. The topological polar surface area (TPSA) is 83.7 Å². The molecule has 7 nitrogen and oxygen atoms in total. The van der Waals surface area contributed by atoms with E-state index in [9.17, 15) is 5.11 Å². The minimum absolute atomic E-state index is 0. The summed E-state index contributed by atoms with van der Waals surface area (Å²) in [5.74, 6) is 0.767. The summed E-state index contributed by atoms with van der Waals surface area (Å²) < 4.78 is 7.63. The maximum absolute atomic E-state index is 10.8. The lowest BCUT2D eigenvalue weighted by Gasteiger charge is -2.61. The second-order valence-electron chi connectivity index (χ2n) is 7.84. The lowest BCUT2D eigenvalue weighted by atomic mass is 9.51. The third-order valence-corrected chi connectivity index (χ3v) is 5.96. The van der Waals surface area contributed by atoms with Crippen LogP contribution in [-0.2, 0) is 17.4 Å². The van der Waals surface area contributed by atoms with Gasteiger partial charge in [-0.2, -0.15) is 5.10 Å². The maximum atomic E-state index is 10.8. The quantitative estimate of drug-likeness (QED) is 0.309. The molecule has 2 aliphatic carbocycles. The molecule has 2 aliphatic rings. The number of aromatic nitrogens is 2. The molecule has 2 fully saturated rings. The van der Waals surface area contributed by atoms with E-state index in [0.717, 1.165) is 31.1 Å². The molecule has 3 atom stereocenters. The minimum atomic E-state index is -1.04. The van der Waals surface area contributed by atoms with E-state index >= 15 is 0 Å². The summed E-state index contributed by atoms with van der Waals surface area (Å²) in [5, 5.41) is 21.8. The summed E-state index contributed by atoms with van der Waals surface area (Å²) >= 11 is 0. The molecule has 27 heavy (non-hydrogen) atoms. The van der Waals surface area contributed by atoms with Gasteiger partial charge in [0.2, 0.25) is 0 Å². The highest BCUT2D eigenvalue weighted by molar-refractivity contribution is 14.0. The Bertz CT molecular complexity index is 642. The second-order valence-corrected chi connectivity index (χ2v) is 7.84. The van der Waals surface area contributed by atoms with Crippen LogP contribution >= 0.6 is 24.0 Å². The highest BCUT2D eigenvalue weighted by atomic mass is 127. The van der Waals surface area contributed by atoms with Gasteiger partial charge in [0.05, 0.1) is 18.8 Å². The third kappa shape index (κ3) is 4.59. The fourth-order valence-corrected chi connectivity index (χ4v) is 4.15.